The lowest BCUT2D eigenvalue weighted by molar-refractivity contribution is 0.0203. The van der Waals surface area contributed by atoms with Crippen molar-refractivity contribution in [2.24, 2.45) is 0 Å². The molecule has 2 aliphatic heterocycles. The summed E-state index contributed by atoms with van der Waals surface area (Å²) in [6, 6.07) is 4.64. The van der Waals surface area contributed by atoms with Crippen molar-refractivity contribution in [2.45, 2.75) is 45.3 Å². The van der Waals surface area contributed by atoms with E-state index in [1.54, 1.807) is 11.0 Å². The Morgan fingerprint density at radius 2 is 1.94 bits per heavy atom. The number of nitrogens with one attached hydrogen (secondary N) is 1. The molecule has 0 unspecified atom stereocenters. The Balaban J connectivity index is 1.48. The van der Waals surface area contributed by atoms with Gasteiger partial charge in [-0.3, -0.25) is 0 Å². The van der Waals surface area contributed by atoms with Gasteiger partial charge in [-0.15, -0.1) is 0 Å². The Labute approximate surface area is 202 Å². The van der Waals surface area contributed by atoms with Crippen molar-refractivity contribution in [3.8, 4) is 5.75 Å². The number of carbonyl (C=O) groups excluding carboxylic acids is 1. The highest BCUT2D eigenvalue weighted by Gasteiger charge is 2.33. The molecule has 1 saturated heterocycles. The number of hydrogen-bond donors (Lipinski definition) is 2. The van der Waals surface area contributed by atoms with Gasteiger partial charge in [0.2, 0.25) is 5.75 Å². The second-order valence-corrected chi connectivity index (χ2v) is 9.65. The molecule has 0 spiro atoms. The van der Waals surface area contributed by atoms with Gasteiger partial charge in [-0.1, -0.05) is 11.6 Å². The fourth-order valence-electron chi connectivity index (χ4n) is 4.06. The molecular formula is C23H28ClN5O5. The number of ether oxygens (including phenoxy) is 2. The number of nitrogens with zero attached hydrogens (tertiary/aromatic N) is 4. The fourth-order valence-corrected chi connectivity index (χ4v) is 4.29. The molecule has 0 radical (unpaired) electrons. The molecule has 2 aliphatic rings. The Kier molecular flexibility index (Phi) is 6.70. The van der Waals surface area contributed by atoms with Crippen LogP contribution in [0.2, 0.25) is 5.02 Å². The maximum absolute atomic E-state index is 12.4. The summed E-state index contributed by atoms with van der Waals surface area (Å²) in [5.74, 6) is 0.592. The van der Waals surface area contributed by atoms with E-state index in [-0.39, 0.29) is 22.7 Å². The third kappa shape index (κ3) is 5.27. The van der Waals surface area contributed by atoms with Gasteiger partial charge in [0.15, 0.2) is 11.6 Å². The maximum Gasteiger partial charge on any atom is 0.410 e. The van der Waals surface area contributed by atoms with E-state index >= 15 is 0 Å². The normalized spacial score (nSPS) is 16.5. The molecule has 1 amide bonds. The number of likely N-dealkylation sites (tertiary alicyclic amines) is 1. The van der Waals surface area contributed by atoms with Crippen molar-refractivity contribution < 1.29 is 24.2 Å². The molecule has 11 heteroatoms. The van der Waals surface area contributed by atoms with E-state index in [9.17, 15) is 9.59 Å². The molecule has 1 aromatic carbocycles. The number of fused-ring (bicyclic) bond motifs is 1. The van der Waals surface area contributed by atoms with Gasteiger partial charge < -0.3 is 29.7 Å². The lowest BCUT2D eigenvalue weighted by atomic mass is 10.0. The number of carboxylic acids is 1. The number of aromatic nitrogens is 2. The van der Waals surface area contributed by atoms with Crippen LogP contribution >= 0.6 is 11.6 Å². The SMILES string of the molecule is CC(C)(C)OC(=O)N1CCC(N2CCOc3c(Nc4ccc(C(=O)O)cc4Cl)ncnc32)CC1. The van der Waals surface area contributed by atoms with Gasteiger partial charge in [0.05, 0.1) is 22.8 Å². The van der Waals surface area contributed by atoms with Gasteiger partial charge >= 0.3 is 12.1 Å². The molecular weight excluding hydrogens is 462 g/mol. The second-order valence-electron chi connectivity index (χ2n) is 9.24. The summed E-state index contributed by atoms with van der Waals surface area (Å²) in [7, 11) is 0. The molecule has 2 aromatic rings. The molecule has 0 bridgehead atoms. The molecule has 10 nitrogen and oxygen atoms in total. The second kappa shape index (κ2) is 9.54. The van der Waals surface area contributed by atoms with Gasteiger partial charge in [-0.05, 0) is 51.8 Å². The van der Waals surface area contributed by atoms with Crippen LogP contribution in [0, 0.1) is 0 Å². The van der Waals surface area contributed by atoms with Gasteiger partial charge in [0, 0.05) is 19.1 Å². The van der Waals surface area contributed by atoms with Crippen molar-refractivity contribution in [3.63, 3.8) is 0 Å². The van der Waals surface area contributed by atoms with Crippen molar-refractivity contribution in [3.05, 3.63) is 35.1 Å². The zero-order valence-corrected chi connectivity index (χ0v) is 20.1. The van der Waals surface area contributed by atoms with Crippen molar-refractivity contribution in [1.29, 1.82) is 0 Å². The zero-order valence-electron chi connectivity index (χ0n) is 19.4. The maximum atomic E-state index is 12.4. The van der Waals surface area contributed by atoms with Gasteiger partial charge in [0.1, 0.15) is 18.5 Å². The molecule has 0 aliphatic carbocycles. The minimum atomic E-state index is -1.05. The first-order valence-corrected chi connectivity index (χ1v) is 11.5. The number of anilines is 3. The number of hydrogen-bond acceptors (Lipinski definition) is 8. The van der Waals surface area contributed by atoms with Crippen LogP contribution in [-0.2, 0) is 4.74 Å². The predicted molar refractivity (Wildman–Crippen MR) is 127 cm³/mol. The molecule has 1 aromatic heterocycles. The topological polar surface area (TPSA) is 117 Å². The lowest BCUT2D eigenvalue weighted by Gasteiger charge is -2.41. The Hall–Kier alpha value is -3.27. The average molecular weight is 490 g/mol. The first-order chi connectivity index (χ1) is 16.1. The van der Waals surface area contributed by atoms with E-state index in [0.717, 1.165) is 12.8 Å². The molecule has 0 saturated carbocycles. The fraction of sp³-hybridized carbons (Fsp3) is 0.478. The van der Waals surface area contributed by atoms with Crippen LogP contribution in [0.4, 0.5) is 22.1 Å². The number of halogens is 1. The van der Waals surface area contributed by atoms with E-state index in [1.165, 1.54) is 18.5 Å². The monoisotopic (exact) mass is 489 g/mol. The minimum Gasteiger partial charge on any atom is -0.485 e. The van der Waals surface area contributed by atoms with Crippen LogP contribution in [0.1, 0.15) is 44.0 Å². The standard InChI is InChI=1S/C23H28ClN5O5/c1-23(2,3)34-22(32)28-8-6-15(7-9-28)29-10-11-33-18-19(25-13-26-20(18)29)27-17-5-4-14(21(30)31)12-16(17)24/h4-5,12-13,15H,6-11H2,1-3H3,(H,30,31)(H,25,26,27). The minimum absolute atomic E-state index is 0.0976. The van der Waals surface area contributed by atoms with Crippen LogP contribution < -0.4 is 15.0 Å². The summed E-state index contributed by atoms with van der Waals surface area (Å²) in [5.41, 5.74) is 0.0909. The van der Waals surface area contributed by atoms with Gasteiger partial charge in [-0.25, -0.2) is 19.6 Å². The molecule has 182 valence electrons. The van der Waals surface area contributed by atoms with Crippen molar-refractivity contribution in [2.75, 3.05) is 36.5 Å². The van der Waals surface area contributed by atoms with E-state index in [4.69, 9.17) is 26.2 Å². The van der Waals surface area contributed by atoms with Crippen LogP contribution in [0.25, 0.3) is 0 Å². The summed E-state index contributed by atoms with van der Waals surface area (Å²) >= 11 is 6.27. The van der Waals surface area contributed by atoms with Crippen LogP contribution in [0.5, 0.6) is 5.75 Å². The number of rotatable bonds is 4. The average Bonchev–Trinajstić information content (AvgIpc) is 2.79. The van der Waals surface area contributed by atoms with Gasteiger partial charge in [-0.2, -0.15) is 0 Å². The number of carbonyl (C=O) groups is 2. The summed E-state index contributed by atoms with van der Waals surface area (Å²) in [6.45, 7) is 7.94. The summed E-state index contributed by atoms with van der Waals surface area (Å²) in [4.78, 5) is 36.3. The lowest BCUT2D eigenvalue weighted by Crippen LogP contribution is -2.50. The molecule has 1 fully saturated rings. The quantitative estimate of drug-likeness (QED) is 0.652. The summed E-state index contributed by atoms with van der Waals surface area (Å²) < 4.78 is 11.4. The zero-order chi connectivity index (χ0) is 24.5. The number of amides is 1. The smallest absolute Gasteiger partial charge is 0.410 e. The van der Waals surface area contributed by atoms with E-state index < -0.39 is 11.6 Å². The molecule has 2 N–H and O–H groups in total. The third-order valence-corrected chi connectivity index (χ3v) is 5.97. The number of piperidine rings is 1. The molecule has 34 heavy (non-hydrogen) atoms. The third-order valence-electron chi connectivity index (χ3n) is 5.66. The van der Waals surface area contributed by atoms with Crippen LogP contribution in [0.3, 0.4) is 0 Å². The Morgan fingerprint density at radius 3 is 2.59 bits per heavy atom. The first kappa shape index (κ1) is 23.9. The summed E-state index contributed by atoms with van der Waals surface area (Å²) in [6.07, 6.45) is 2.74. The first-order valence-electron chi connectivity index (χ1n) is 11.1. The van der Waals surface area contributed by atoms with Crippen LogP contribution in [0.15, 0.2) is 24.5 Å². The van der Waals surface area contributed by atoms with E-state index in [1.807, 2.05) is 20.8 Å². The molecule has 3 heterocycles. The largest absolute Gasteiger partial charge is 0.485 e. The molecule has 0 atom stereocenters. The van der Waals surface area contributed by atoms with Crippen molar-refractivity contribution in [1.82, 2.24) is 14.9 Å². The number of benzene rings is 1. The highest BCUT2D eigenvalue weighted by atomic mass is 35.5. The Morgan fingerprint density at radius 1 is 1.21 bits per heavy atom. The number of carboxylic acid groups (broad SMARTS) is 1. The molecule has 4 rings (SSSR count). The van der Waals surface area contributed by atoms with E-state index in [2.05, 4.69) is 20.2 Å². The van der Waals surface area contributed by atoms with Crippen molar-refractivity contribution >= 4 is 41.0 Å². The predicted octanol–water partition coefficient (Wildman–Crippen LogP) is 4.17. The van der Waals surface area contributed by atoms with E-state index in [0.29, 0.717) is 49.3 Å². The highest BCUT2D eigenvalue weighted by Crippen LogP contribution is 2.39. The number of aromatic carboxylic acids is 1. The highest BCUT2D eigenvalue weighted by molar-refractivity contribution is 6.33. The van der Waals surface area contributed by atoms with Crippen LogP contribution in [-0.4, -0.2) is 69.9 Å². The van der Waals surface area contributed by atoms with Gasteiger partial charge in [0.25, 0.3) is 0 Å². The summed E-state index contributed by atoms with van der Waals surface area (Å²) in [5, 5.41) is 12.5. The Bertz CT molecular complexity index is 1080.